The molecule has 3 nitrogen and oxygen atoms in total. The molecule has 0 spiro atoms. The fourth-order valence-electron chi connectivity index (χ4n) is 1.66. The molecule has 1 aromatic carbocycles. The van der Waals surface area contributed by atoms with Crippen molar-refractivity contribution in [1.29, 1.82) is 0 Å². The topological polar surface area (TPSA) is 46.0 Å². The Labute approximate surface area is 94.8 Å². The number of aryl methyl sites for hydroxylation is 2. The Bertz CT molecular complexity index is 462. The van der Waals surface area contributed by atoms with Gasteiger partial charge in [-0.1, -0.05) is 30.3 Å². The van der Waals surface area contributed by atoms with Crippen molar-refractivity contribution in [2.75, 3.05) is 0 Å². The van der Waals surface area contributed by atoms with E-state index in [2.05, 4.69) is 9.97 Å². The standard InChI is InChI=1S/C13H14N2O/c1-9-8-10(2)15-13(14-9)12(16)11-6-4-3-5-7-11/h3-8,12,16H,1-2H3. The van der Waals surface area contributed by atoms with Crippen LogP contribution in [0.15, 0.2) is 36.4 Å². The zero-order valence-electron chi connectivity index (χ0n) is 9.38. The van der Waals surface area contributed by atoms with Crippen molar-refractivity contribution in [2.24, 2.45) is 0 Å². The Morgan fingerprint density at radius 1 is 1.00 bits per heavy atom. The Morgan fingerprint density at radius 2 is 1.56 bits per heavy atom. The first-order valence-corrected chi connectivity index (χ1v) is 5.22. The Hall–Kier alpha value is -1.74. The summed E-state index contributed by atoms with van der Waals surface area (Å²) in [6.07, 6.45) is -0.750. The summed E-state index contributed by atoms with van der Waals surface area (Å²) in [4.78, 5) is 8.50. The van der Waals surface area contributed by atoms with E-state index in [9.17, 15) is 5.11 Å². The van der Waals surface area contributed by atoms with E-state index in [1.54, 1.807) is 0 Å². The number of aliphatic hydroxyl groups excluding tert-OH is 1. The third kappa shape index (κ3) is 2.25. The highest BCUT2D eigenvalue weighted by atomic mass is 16.3. The molecule has 0 amide bonds. The first kappa shape index (κ1) is 10.8. The van der Waals surface area contributed by atoms with Crippen LogP contribution < -0.4 is 0 Å². The summed E-state index contributed by atoms with van der Waals surface area (Å²) in [6.45, 7) is 3.80. The number of nitrogens with zero attached hydrogens (tertiary/aromatic N) is 2. The highest BCUT2D eigenvalue weighted by molar-refractivity contribution is 5.23. The van der Waals surface area contributed by atoms with Crippen molar-refractivity contribution < 1.29 is 5.11 Å². The minimum Gasteiger partial charge on any atom is -0.380 e. The molecule has 1 heterocycles. The lowest BCUT2D eigenvalue weighted by atomic mass is 10.1. The van der Waals surface area contributed by atoms with Crippen LogP contribution in [0, 0.1) is 13.8 Å². The zero-order chi connectivity index (χ0) is 11.5. The van der Waals surface area contributed by atoms with Crippen molar-refractivity contribution >= 4 is 0 Å². The number of rotatable bonds is 2. The molecule has 0 saturated carbocycles. The lowest BCUT2D eigenvalue weighted by Crippen LogP contribution is -2.07. The van der Waals surface area contributed by atoms with E-state index in [1.165, 1.54) is 0 Å². The maximum absolute atomic E-state index is 10.1. The minimum absolute atomic E-state index is 0.462. The van der Waals surface area contributed by atoms with Crippen LogP contribution in [0.5, 0.6) is 0 Å². The van der Waals surface area contributed by atoms with Crippen molar-refractivity contribution in [1.82, 2.24) is 9.97 Å². The van der Waals surface area contributed by atoms with Gasteiger partial charge in [-0.15, -0.1) is 0 Å². The van der Waals surface area contributed by atoms with E-state index in [4.69, 9.17) is 0 Å². The lowest BCUT2D eigenvalue weighted by Gasteiger charge is -2.10. The fourth-order valence-corrected chi connectivity index (χ4v) is 1.66. The van der Waals surface area contributed by atoms with Crippen LogP contribution in [0.4, 0.5) is 0 Å². The van der Waals surface area contributed by atoms with Gasteiger partial charge in [-0.2, -0.15) is 0 Å². The summed E-state index contributed by atoms with van der Waals surface area (Å²) in [6, 6.07) is 11.3. The SMILES string of the molecule is Cc1cc(C)nc(C(O)c2ccccc2)n1. The second kappa shape index (κ2) is 4.41. The molecule has 0 bridgehead atoms. The van der Waals surface area contributed by atoms with Crippen molar-refractivity contribution in [3.05, 3.63) is 59.2 Å². The summed E-state index contributed by atoms with van der Waals surface area (Å²) in [5.41, 5.74) is 2.56. The first-order chi connectivity index (χ1) is 7.66. The molecule has 3 heteroatoms. The van der Waals surface area contributed by atoms with E-state index >= 15 is 0 Å². The normalized spacial score (nSPS) is 12.4. The zero-order valence-corrected chi connectivity index (χ0v) is 9.38. The smallest absolute Gasteiger partial charge is 0.161 e. The van der Waals surface area contributed by atoms with Gasteiger partial charge in [0.1, 0.15) is 6.10 Å². The Kier molecular flexibility index (Phi) is 2.97. The molecule has 2 rings (SSSR count). The molecule has 1 atom stereocenters. The van der Waals surface area contributed by atoms with Crippen molar-refractivity contribution in [2.45, 2.75) is 20.0 Å². The molecule has 0 aliphatic carbocycles. The van der Waals surface area contributed by atoms with Gasteiger partial charge in [0.15, 0.2) is 5.82 Å². The van der Waals surface area contributed by atoms with Gasteiger partial charge in [0, 0.05) is 11.4 Å². The summed E-state index contributed by atoms with van der Waals surface area (Å²) in [5.74, 6) is 0.462. The van der Waals surface area contributed by atoms with Crippen LogP contribution in [0.1, 0.15) is 28.9 Å². The molecular formula is C13H14N2O. The first-order valence-electron chi connectivity index (χ1n) is 5.22. The molecule has 0 saturated heterocycles. The largest absolute Gasteiger partial charge is 0.380 e. The van der Waals surface area contributed by atoms with E-state index in [0.717, 1.165) is 17.0 Å². The summed E-state index contributed by atoms with van der Waals surface area (Å²) in [5, 5.41) is 10.1. The Morgan fingerprint density at radius 3 is 2.12 bits per heavy atom. The van der Waals surface area contributed by atoms with Crippen molar-refractivity contribution in [3.8, 4) is 0 Å². The lowest BCUT2D eigenvalue weighted by molar-refractivity contribution is 0.209. The number of hydrogen-bond donors (Lipinski definition) is 1. The minimum atomic E-state index is -0.750. The maximum atomic E-state index is 10.1. The fraction of sp³-hybridized carbons (Fsp3) is 0.231. The van der Waals surface area contributed by atoms with Gasteiger partial charge >= 0.3 is 0 Å². The van der Waals surface area contributed by atoms with Gasteiger partial charge in [-0.3, -0.25) is 0 Å². The average Bonchev–Trinajstić information content (AvgIpc) is 2.28. The molecule has 1 unspecified atom stereocenters. The van der Waals surface area contributed by atoms with Gasteiger partial charge in [-0.05, 0) is 25.5 Å². The number of aromatic nitrogens is 2. The van der Waals surface area contributed by atoms with Crippen LogP contribution in [0.3, 0.4) is 0 Å². The third-order valence-electron chi connectivity index (χ3n) is 2.36. The molecule has 82 valence electrons. The van der Waals surface area contributed by atoms with E-state index in [-0.39, 0.29) is 0 Å². The molecule has 0 radical (unpaired) electrons. The highest BCUT2D eigenvalue weighted by Crippen LogP contribution is 2.18. The van der Waals surface area contributed by atoms with Crippen molar-refractivity contribution in [3.63, 3.8) is 0 Å². The number of hydrogen-bond acceptors (Lipinski definition) is 3. The van der Waals surface area contributed by atoms with E-state index in [1.807, 2.05) is 50.2 Å². The summed E-state index contributed by atoms with van der Waals surface area (Å²) >= 11 is 0. The predicted molar refractivity (Wildman–Crippen MR) is 62.0 cm³/mol. The summed E-state index contributed by atoms with van der Waals surface area (Å²) < 4.78 is 0. The van der Waals surface area contributed by atoms with Gasteiger partial charge < -0.3 is 5.11 Å². The van der Waals surface area contributed by atoms with Crippen LogP contribution in [-0.4, -0.2) is 15.1 Å². The Balaban J connectivity index is 2.37. The van der Waals surface area contributed by atoms with Crippen LogP contribution >= 0.6 is 0 Å². The summed E-state index contributed by atoms with van der Waals surface area (Å²) in [7, 11) is 0. The molecule has 0 aliphatic heterocycles. The van der Waals surface area contributed by atoms with Gasteiger partial charge in [-0.25, -0.2) is 9.97 Å². The van der Waals surface area contributed by atoms with Gasteiger partial charge in [0.2, 0.25) is 0 Å². The van der Waals surface area contributed by atoms with E-state index < -0.39 is 6.10 Å². The number of benzene rings is 1. The monoisotopic (exact) mass is 214 g/mol. The van der Waals surface area contributed by atoms with Gasteiger partial charge in [0.25, 0.3) is 0 Å². The molecule has 16 heavy (non-hydrogen) atoms. The van der Waals surface area contributed by atoms with Crippen LogP contribution in [0.2, 0.25) is 0 Å². The molecule has 0 aliphatic rings. The second-order valence-corrected chi connectivity index (χ2v) is 3.82. The molecule has 2 aromatic rings. The third-order valence-corrected chi connectivity index (χ3v) is 2.36. The molecule has 1 aromatic heterocycles. The predicted octanol–water partition coefficient (Wildman–Crippen LogP) is 2.18. The molecule has 1 N–H and O–H groups in total. The van der Waals surface area contributed by atoms with Crippen LogP contribution in [-0.2, 0) is 0 Å². The molecule has 0 fully saturated rings. The average molecular weight is 214 g/mol. The second-order valence-electron chi connectivity index (χ2n) is 3.82. The van der Waals surface area contributed by atoms with Crippen LogP contribution in [0.25, 0.3) is 0 Å². The molecular weight excluding hydrogens is 200 g/mol. The number of aliphatic hydroxyl groups is 1. The maximum Gasteiger partial charge on any atom is 0.161 e. The van der Waals surface area contributed by atoms with E-state index in [0.29, 0.717) is 5.82 Å². The van der Waals surface area contributed by atoms with Gasteiger partial charge in [0.05, 0.1) is 0 Å². The highest BCUT2D eigenvalue weighted by Gasteiger charge is 2.13. The quantitative estimate of drug-likeness (QED) is 0.833.